The maximum absolute atomic E-state index is 5.45. The number of hydrogen-bond donors (Lipinski definition) is 0. The van der Waals surface area contributed by atoms with Gasteiger partial charge in [0.25, 0.3) is 0 Å². The van der Waals surface area contributed by atoms with Gasteiger partial charge in [0.1, 0.15) is 0 Å². The lowest BCUT2D eigenvalue weighted by Crippen LogP contribution is -2.23. The second-order valence-corrected chi connectivity index (χ2v) is 3.87. The van der Waals surface area contributed by atoms with Crippen LogP contribution in [0.5, 0.6) is 0 Å². The predicted molar refractivity (Wildman–Crippen MR) is 68.2 cm³/mol. The topological polar surface area (TPSA) is 36.9 Å². The zero-order valence-electron chi connectivity index (χ0n) is 11.6. The molecular weight excluding hydrogens is 220 g/mol. The molecule has 17 heavy (non-hydrogen) atoms. The van der Waals surface area contributed by atoms with Crippen LogP contribution in [0.1, 0.15) is 39.5 Å². The highest BCUT2D eigenvalue weighted by Crippen LogP contribution is 1.99. The van der Waals surface area contributed by atoms with E-state index in [2.05, 4.69) is 6.92 Å². The lowest BCUT2D eigenvalue weighted by atomic mass is 10.2. The molecule has 0 fully saturated rings. The molecule has 1 atom stereocenters. The van der Waals surface area contributed by atoms with Gasteiger partial charge in [0.05, 0.1) is 19.8 Å². The quantitative estimate of drug-likeness (QED) is 0.371. The minimum Gasteiger partial charge on any atom is -0.379 e. The van der Waals surface area contributed by atoms with E-state index < -0.39 is 0 Å². The van der Waals surface area contributed by atoms with Crippen LogP contribution < -0.4 is 0 Å². The number of rotatable bonds is 13. The molecule has 1 unspecified atom stereocenters. The molecule has 0 aliphatic carbocycles. The van der Waals surface area contributed by atoms with Crippen molar-refractivity contribution in [3.05, 3.63) is 0 Å². The fourth-order valence-corrected chi connectivity index (χ4v) is 1.40. The van der Waals surface area contributed by atoms with Gasteiger partial charge in [-0.15, -0.1) is 0 Å². The van der Waals surface area contributed by atoms with E-state index in [9.17, 15) is 0 Å². The van der Waals surface area contributed by atoms with E-state index in [4.69, 9.17) is 18.9 Å². The SMILES string of the molecule is CCCCCCOCCOCC(OC)OCC. The molecule has 0 rings (SSSR count). The van der Waals surface area contributed by atoms with Gasteiger partial charge in [0.15, 0.2) is 6.29 Å². The summed E-state index contributed by atoms with van der Waals surface area (Å²) in [5, 5.41) is 0. The highest BCUT2D eigenvalue weighted by molar-refractivity contribution is 4.42. The minimum absolute atomic E-state index is 0.260. The number of methoxy groups -OCH3 is 1. The monoisotopic (exact) mass is 248 g/mol. The van der Waals surface area contributed by atoms with Crippen molar-refractivity contribution in [2.75, 3.05) is 40.1 Å². The second kappa shape index (κ2) is 13.9. The molecule has 0 radical (unpaired) electrons. The average Bonchev–Trinajstić information content (AvgIpc) is 2.35. The molecule has 0 aromatic carbocycles. The Kier molecular flexibility index (Phi) is 13.8. The Bertz CT molecular complexity index is 141. The Labute approximate surface area is 106 Å². The molecule has 0 aromatic rings. The second-order valence-electron chi connectivity index (χ2n) is 3.87. The Morgan fingerprint density at radius 3 is 2.29 bits per heavy atom. The van der Waals surface area contributed by atoms with Crippen LogP contribution in [-0.2, 0) is 18.9 Å². The van der Waals surface area contributed by atoms with E-state index in [1.54, 1.807) is 7.11 Å². The number of ether oxygens (including phenoxy) is 4. The Balaban J connectivity index is 3.11. The van der Waals surface area contributed by atoms with Gasteiger partial charge in [0, 0.05) is 20.3 Å². The van der Waals surface area contributed by atoms with Crippen molar-refractivity contribution in [3.63, 3.8) is 0 Å². The van der Waals surface area contributed by atoms with Crippen LogP contribution >= 0.6 is 0 Å². The van der Waals surface area contributed by atoms with Crippen molar-refractivity contribution in [1.82, 2.24) is 0 Å². The lowest BCUT2D eigenvalue weighted by Gasteiger charge is -2.15. The number of hydrogen-bond acceptors (Lipinski definition) is 4. The average molecular weight is 248 g/mol. The zero-order chi connectivity index (χ0) is 12.8. The lowest BCUT2D eigenvalue weighted by molar-refractivity contribution is -0.156. The summed E-state index contributed by atoms with van der Waals surface area (Å²) >= 11 is 0. The Hall–Kier alpha value is -0.160. The molecule has 0 amide bonds. The Morgan fingerprint density at radius 1 is 0.882 bits per heavy atom. The van der Waals surface area contributed by atoms with E-state index >= 15 is 0 Å². The highest BCUT2D eigenvalue weighted by atomic mass is 16.7. The fraction of sp³-hybridized carbons (Fsp3) is 1.00. The summed E-state index contributed by atoms with van der Waals surface area (Å²) in [6, 6.07) is 0. The summed E-state index contributed by atoms with van der Waals surface area (Å²) in [5.41, 5.74) is 0. The van der Waals surface area contributed by atoms with Crippen LogP contribution in [0.4, 0.5) is 0 Å². The van der Waals surface area contributed by atoms with Gasteiger partial charge in [-0.1, -0.05) is 26.2 Å². The summed E-state index contributed by atoms with van der Waals surface area (Å²) in [4.78, 5) is 0. The molecule has 0 saturated heterocycles. The third kappa shape index (κ3) is 12.1. The van der Waals surface area contributed by atoms with E-state index in [1.807, 2.05) is 6.92 Å². The van der Waals surface area contributed by atoms with E-state index in [1.165, 1.54) is 19.3 Å². The van der Waals surface area contributed by atoms with Gasteiger partial charge in [-0.2, -0.15) is 0 Å². The standard InChI is InChI=1S/C13H28O4/c1-4-6-7-8-9-15-10-11-16-12-13(14-3)17-5-2/h13H,4-12H2,1-3H3. The van der Waals surface area contributed by atoms with Crippen molar-refractivity contribution < 1.29 is 18.9 Å². The van der Waals surface area contributed by atoms with Crippen LogP contribution in [0.3, 0.4) is 0 Å². The smallest absolute Gasteiger partial charge is 0.180 e. The molecule has 0 spiro atoms. The van der Waals surface area contributed by atoms with Crippen molar-refractivity contribution in [2.45, 2.75) is 45.8 Å². The summed E-state index contributed by atoms with van der Waals surface area (Å²) in [6.45, 7) is 7.32. The molecule has 0 bridgehead atoms. The van der Waals surface area contributed by atoms with E-state index in [0.29, 0.717) is 26.4 Å². The summed E-state index contributed by atoms with van der Waals surface area (Å²) in [6.07, 6.45) is 4.70. The first-order valence-corrected chi connectivity index (χ1v) is 6.65. The summed E-state index contributed by atoms with van der Waals surface area (Å²) in [7, 11) is 1.62. The normalized spacial score (nSPS) is 12.9. The van der Waals surface area contributed by atoms with E-state index in [0.717, 1.165) is 13.0 Å². The maximum Gasteiger partial charge on any atom is 0.180 e. The van der Waals surface area contributed by atoms with Gasteiger partial charge in [0.2, 0.25) is 0 Å². The van der Waals surface area contributed by atoms with Crippen LogP contribution in [0, 0.1) is 0 Å². The summed E-state index contributed by atoms with van der Waals surface area (Å²) in [5.74, 6) is 0. The fourth-order valence-electron chi connectivity index (χ4n) is 1.40. The van der Waals surface area contributed by atoms with Crippen LogP contribution in [0.15, 0.2) is 0 Å². The molecule has 104 valence electrons. The van der Waals surface area contributed by atoms with Crippen LogP contribution in [-0.4, -0.2) is 46.4 Å². The van der Waals surface area contributed by atoms with Gasteiger partial charge in [-0.25, -0.2) is 0 Å². The van der Waals surface area contributed by atoms with Crippen molar-refractivity contribution in [3.8, 4) is 0 Å². The first-order chi connectivity index (χ1) is 8.35. The van der Waals surface area contributed by atoms with Crippen LogP contribution in [0.25, 0.3) is 0 Å². The van der Waals surface area contributed by atoms with Gasteiger partial charge in [-0.05, 0) is 13.3 Å². The highest BCUT2D eigenvalue weighted by Gasteiger charge is 2.05. The molecule has 0 saturated carbocycles. The first-order valence-electron chi connectivity index (χ1n) is 6.65. The molecule has 0 heterocycles. The molecule has 0 aliphatic rings. The third-order valence-electron chi connectivity index (χ3n) is 2.38. The first kappa shape index (κ1) is 16.8. The van der Waals surface area contributed by atoms with Gasteiger partial charge >= 0.3 is 0 Å². The molecule has 0 N–H and O–H groups in total. The van der Waals surface area contributed by atoms with E-state index in [-0.39, 0.29) is 6.29 Å². The molecular formula is C13H28O4. The maximum atomic E-state index is 5.45. The number of unbranched alkanes of at least 4 members (excludes halogenated alkanes) is 3. The minimum atomic E-state index is -0.260. The molecule has 0 aromatic heterocycles. The van der Waals surface area contributed by atoms with Crippen molar-refractivity contribution >= 4 is 0 Å². The summed E-state index contributed by atoms with van der Waals surface area (Å²) < 4.78 is 21.2. The van der Waals surface area contributed by atoms with Crippen molar-refractivity contribution in [1.29, 1.82) is 0 Å². The third-order valence-corrected chi connectivity index (χ3v) is 2.38. The van der Waals surface area contributed by atoms with Gasteiger partial charge < -0.3 is 18.9 Å². The van der Waals surface area contributed by atoms with Gasteiger partial charge in [-0.3, -0.25) is 0 Å². The molecule has 4 nitrogen and oxygen atoms in total. The molecule has 4 heteroatoms. The molecule has 0 aliphatic heterocycles. The predicted octanol–water partition coefficient (Wildman–Crippen LogP) is 2.61. The van der Waals surface area contributed by atoms with Crippen LogP contribution in [0.2, 0.25) is 0 Å². The largest absolute Gasteiger partial charge is 0.379 e. The Morgan fingerprint density at radius 2 is 1.65 bits per heavy atom. The zero-order valence-corrected chi connectivity index (χ0v) is 11.6. The van der Waals surface area contributed by atoms with Crippen molar-refractivity contribution in [2.24, 2.45) is 0 Å².